The van der Waals surface area contributed by atoms with E-state index in [0.717, 1.165) is 6.42 Å². The Morgan fingerprint density at radius 2 is 0.433 bits per heavy atom. The van der Waals surface area contributed by atoms with Gasteiger partial charge < -0.3 is 0 Å². The molecule has 0 heteroatoms. The largest absolute Gasteiger partial charge is 0.0776 e. The molecule has 67 heavy (non-hydrogen) atoms. The number of benzene rings is 8. The summed E-state index contributed by atoms with van der Waals surface area (Å²) in [5, 5.41) is 0. The molecule has 0 saturated carbocycles. The zero-order valence-electron chi connectivity index (χ0n) is 43.0. The van der Waals surface area contributed by atoms with Gasteiger partial charge in [-0.15, -0.1) is 0 Å². The third-order valence-electron chi connectivity index (χ3n) is 8.79. The van der Waals surface area contributed by atoms with E-state index < -0.39 is 0 Å². The first-order chi connectivity index (χ1) is 32.3. The van der Waals surface area contributed by atoms with Crippen molar-refractivity contribution in [2.24, 2.45) is 0 Å². The minimum absolute atomic E-state index is 0. The van der Waals surface area contributed by atoms with Gasteiger partial charge in [-0.25, -0.2) is 0 Å². The normalized spacial score (nSPS) is 9.34. The molecule has 0 spiro atoms. The van der Waals surface area contributed by atoms with E-state index in [2.05, 4.69) is 184 Å². The van der Waals surface area contributed by atoms with Crippen LogP contribution in [0.25, 0.3) is 11.1 Å². The highest BCUT2D eigenvalue weighted by atomic mass is 14.5. The van der Waals surface area contributed by atoms with Gasteiger partial charge in [0.05, 0.1) is 5.41 Å². The fourth-order valence-electron chi connectivity index (χ4n) is 6.60. The molecule has 0 aromatic heterocycles. The maximum atomic E-state index is 2.29. The first-order valence-corrected chi connectivity index (χ1v) is 24.7. The predicted octanol–water partition coefficient (Wildman–Crippen LogP) is 21.5. The molecule has 0 heterocycles. The Kier molecular flexibility index (Phi) is 48.0. The molecule has 0 aliphatic heterocycles. The van der Waals surface area contributed by atoms with Crippen LogP contribution in [0, 0.1) is 0 Å². The fourth-order valence-corrected chi connectivity index (χ4v) is 6.60. The quantitative estimate of drug-likeness (QED) is 0.165. The summed E-state index contributed by atoms with van der Waals surface area (Å²) in [7, 11) is 0. The lowest BCUT2D eigenvalue weighted by Crippen LogP contribution is -2.28. The van der Waals surface area contributed by atoms with Gasteiger partial charge in [-0.05, 0) is 50.9 Å². The average Bonchev–Trinajstić information content (AvgIpc) is 3.74. The molecule has 0 atom stereocenters. The molecule has 0 amide bonds. The Morgan fingerprint density at radius 3 is 0.672 bits per heavy atom. The van der Waals surface area contributed by atoms with E-state index in [1.807, 2.05) is 156 Å². The lowest BCUT2D eigenvalue weighted by molar-refractivity contribution is 0.768. The van der Waals surface area contributed by atoms with Gasteiger partial charge in [-0.3, -0.25) is 0 Å². The standard InChI is InChI=1S/C25H18.C13H12.2C6H6.C3H8.6C2H6.2CH4/c1-3-11-19(12-4-1)25(20-13-5-2-6-14-20)23-17-9-7-15-21(23)22-16-8-10-18-24(22)25;1-3-7-12(8-4-1)11-13-9-5-2-6-10-13;2*1-2-4-6-5-3-1;1-3-2;6*1-2;;/h1-18H;1-10H,11H2;2*1-6H;3H2,1-2H3;6*1-2H3;2*1H4. The van der Waals surface area contributed by atoms with Crippen molar-refractivity contribution >= 4 is 0 Å². The number of fused-ring (bicyclic) bond motifs is 3. The molecule has 9 rings (SSSR count). The second-order valence-electron chi connectivity index (χ2n) is 12.7. The summed E-state index contributed by atoms with van der Waals surface area (Å²) in [6.07, 6.45) is 2.28. The summed E-state index contributed by atoms with van der Waals surface area (Å²) in [5.74, 6) is 0. The second-order valence-corrected chi connectivity index (χ2v) is 12.7. The average molecular weight is 899 g/mol. The molecule has 0 unspecified atom stereocenters. The highest BCUT2D eigenvalue weighted by Gasteiger charge is 2.45. The van der Waals surface area contributed by atoms with E-state index in [4.69, 9.17) is 0 Å². The maximum Gasteiger partial charge on any atom is 0.0713 e. The summed E-state index contributed by atoms with van der Waals surface area (Å²) in [5.41, 5.74) is 10.5. The van der Waals surface area contributed by atoms with Crippen molar-refractivity contribution in [3.63, 3.8) is 0 Å². The van der Waals surface area contributed by atoms with Gasteiger partial charge >= 0.3 is 0 Å². The van der Waals surface area contributed by atoms with Crippen LogP contribution in [0.2, 0.25) is 0 Å². The summed E-state index contributed by atoms with van der Waals surface area (Å²) < 4.78 is 0. The fraction of sp³-hybridized carbons (Fsp3) is 0.284. The smallest absolute Gasteiger partial charge is 0.0713 e. The molecule has 8 aromatic rings. The Bertz CT molecular complexity index is 1900. The van der Waals surface area contributed by atoms with Crippen LogP contribution in [0.15, 0.2) is 243 Å². The Morgan fingerprint density at radius 1 is 0.254 bits per heavy atom. The van der Waals surface area contributed by atoms with Crippen LogP contribution in [0.4, 0.5) is 0 Å². The van der Waals surface area contributed by atoms with E-state index in [0.29, 0.717) is 0 Å². The van der Waals surface area contributed by atoms with E-state index in [1.54, 1.807) is 0 Å². The minimum Gasteiger partial charge on any atom is -0.0776 e. The molecule has 0 saturated heterocycles. The number of hydrogen-bond donors (Lipinski definition) is 0. The summed E-state index contributed by atoms with van der Waals surface area (Å²) in [6.45, 7) is 28.2. The van der Waals surface area contributed by atoms with E-state index in [9.17, 15) is 0 Å². The molecule has 1 aliphatic rings. The van der Waals surface area contributed by atoms with Crippen molar-refractivity contribution in [1.82, 2.24) is 0 Å². The van der Waals surface area contributed by atoms with E-state index >= 15 is 0 Å². The molecule has 0 bridgehead atoms. The topological polar surface area (TPSA) is 0 Å². The zero-order valence-corrected chi connectivity index (χ0v) is 43.0. The van der Waals surface area contributed by atoms with Crippen LogP contribution in [-0.4, -0.2) is 0 Å². The number of rotatable bonds is 4. The monoisotopic (exact) mass is 899 g/mol. The van der Waals surface area contributed by atoms with Crippen LogP contribution in [0.3, 0.4) is 0 Å². The maximum absolute atomic E-state index is 2.29. The molecule has 0 radical (unpaired) electrons. The molecule has 362 valence electrons. The molecule has 0 N–H and O–H groups in total. The molecular weight excluding hydrogens is 805 g/mol. The van der Waals surface area contributed by atoms with Crippen LogP contribution in [0.5, 0.6) is 0 Å². The lowest BCUT2D eigenvalue weighted by Gasteiger charge is -2.33. The molecule has 0 fully saturated rings. The van der Waals surface area contributed by atoms with E-state index in [-0.39, 0.29) is 20.3 Å². The lowest BCUT2D eigenvalue weighted by atomic mass is 9.68. The molecule has 8 aromatic carbocycles. The first-order valence-electron chi connectivity index (χ1n) is 24.7. The summed E-state index contributed by atoms with van der Waals surface area (Å²) >= 11 is 0. The van der Waals surface area contributed by atoms with E-state index in [1.165, 1.54) is 50.9 Å². The van der Waals surface area contributed by atoms with Crippen molar-refractivity contribution in [2.75, 3.05) is 0 Å². The zero-order chi connectivity index (χ0) is 48.8. The molecule has 0 nitrogen and oxygen atoms in total. The second kappa shape index (κ2) is 47.7. The Labute approximate surface area is 415 Å². The van der Waals surface area contributed by atoms with Crippen molar-refractivity contribution in [3.05, 3.63) is 276 Å². The van der Waals surface area contributed by atoms with Crippen molar-refractivity contribution in [1.29, 1.82) is 0 Å². The first kappa shape index (κ1) is 67.4. The molecular formula is C67H94. The van der Waals surface area contributed by atoms with Crippen molar-refractivity contribution in [3.8, 4) is 11.1 Å². The molecule has 1 aliphatic carbocycles. The van der Waals surface area contributed by atoms with Gasteiger partial charge in [0.15, 0.2) is 0 Å². The van der Waals surface area contributed by atoms with Gasteiger partial charge in [-0.1, -0.05) is 361 Å². The van der Waals surface area contributed by atoms with Crippen LogP contribution >= 0.6 is 0 Å². The third-order valence-corrected chi connectivity index (χ3v) is 8.79. The third kappa shape index (κ3) is 23.7. The minimum atomic E-state index is -0.254. The van der Waals surface area contributed by atoms with Crippen molar-refractivity contribution in [2.45, 2.75) is 130 Å². The Hall–Kier alpha value is -6.24. The van der Waals surface area contributed by atoms with Crippen LogP contribution in [-0.2, 0) is 11.8 Å². The van der Waals surface area contributed by atoms with Crippen LogP contribution < -0.4 is 0 Å². The van der Waals surface area contributed by atoms with Crippen LogP contribution in [0.1, 0.15) is 152 Å². The predicted molar refractivity (Wildman–Crippen MR) is 310 cm³/mol. The summed E-state index contributed by atoms with van der Waals surface area (Å²) in [6, 6.07) is 84.5. The van der Waals surface area contributed by atoms with Gasteiger partial charge in [0.1, 0.15) is 0 Å². The highest BCUT2D eigenvalue weighted by Crippen LogP contribution is 2.55. The highest BCUT2D eigenvalue weighted by molar-refractivity contribution is 5.86. The van der Waals surface area contributed by atoms with Gasteiger partial charge in [-0.2, -0.15) is 0 Å². The van der Waals surface area contributed by atoms with Gasteiger partial charge in [0, 0.05) is 0 Å². The Balaban J connectivity index is -0.000000400. The van der Waals surface area contributed by atoms with Gasteiger partial charge in [0.25, 0.3) is 0 Å². The van der Waals surface area contributed by atoms with Crippen molar-refractivity contribution < 1.29 is 0 Å². The summed E-state index contributed by atoms with van der Waals surface area (Å²) in [4.78, 5) is 0. The van der Waals surface area contributed by atoms with Gasteiger partial charge in [0.2, 0.25) is 0 Å². The number of hydrogen-bond acceptors (Lipinski definition) is 0. The SMILES string of the molecule is C.C.CC.CC.CC.CC.CC.CC.CCC.c1ccc(C2(c3ccccc3)c3ccccc3-c3ccccc32)cc1.c1ccc(Cc2ccccc2)cc1.c1ccccc1.c1ccccc1.